The van der Waals surface area contributed by atoms with E-state index in [0.29, 0.717) is 15.1 Å². The van der Waals surface area contributed by atoms with Gasteiger partial charge >= 0.3 is 17.7 Å². The molecule has 3 unspecified atom stereocenters. The first kappa shape index (κ1) is 50.0. The molecule has 0 spiro atoms. The molecule has 3 atom stereocenters. The third kappa shape index (κ3) is 11.4. The van der Waals surface area contributed by atoms with Gasteiger partial charge in [0.25, 0.3) is 5.92 Å². The van der Waals surface area contributed by atoms with Crippen LogP contribution < -0.4 is 15.4 Å². The van der Waals surface area contributed by atoms with Crippen LogP contribution in [0.1, 0.15) is 49.7 Å². The molecule has 0 aliphatic heterocycles. The summed E-state index contributed by atoms with van der Waals surface area (Å²) in [6.45, 7) is -0.0289. The first-order valence-corrected chi connectivity index (χ1v) is 22.0. The normalized spacial score (nSPS) is 17.2. The second-order valence-corrected chi connectivity index (χ2v) is 18.5. The predicted octanol–water partition coefficient (Wildman–Crippen LogP) is 8.60. The summed E-state index contributed by atoms with van der Waals surface area (Å²) in [5.41, 5.74) is -0.577. The summed E-state index contributed by atoms with van der Waals surface area (Å²) >= 11 is 12.2. The lowest BCUT2D eigenvalue weighted by Gasteiger charge is -2.23. The van der Waals surface area contributed by atoms with Crippen LogP contribution in [-0.4, -0.2) is 82.2 Å². The number of allylic oxidation sites excluding steroid dienone is 2. The molecule has 1 aliphatic carbocycles. The fourth-order valence-electron chi connectivity index (χ4n) is 6.49. The van der Waals surface area contributed by atoms with E-state index in [2.05, 4.69) is 32.2 Å². The number of aromatic nitrogens is 3. The first-order chi connectivity index (χ1) is 29.5. The van der Waals surface area contributed by atoms with Gasteiger partial charge in [0.05, 0.1) is 27.7 Å². The number of carbonyl (C=O) groups is 2. The van der Waals surface area contributed by atoms with Crippen molar-refractivity contribution in [2.45, 2.75) is 68.7 Å². The van der Waals surface area contributed by atoms with Gasteiger partial charge in [-0.05, 0) is 80.1 Å². The van der Waals surface area contributed by atoms with Crippen molar-refractivity contribution in [1.29, 1.82) is 0 Å². The second-order valence-electron chi connectivity index (χ2n) is 14.6. The molecule has 2 aromatic carbocycles. The molecular formula is C39H33Cl2F10N7O4S2. The largest absolute Gasteiger partial charge is 0.431 e. The number of rotatable bonds is 11. The van der Waals surface area contributed by atoms with E-state index in [4.69, 9.17) is 28.9 Å². The van der Waals surface area contributed by atoms with Crippen molar-refractivity contribution in [1.82, 2.24) is 20.1 Å². The summed E-state index contributed by atoms with van der Waals surface area (Å²) in [5, 5.41) is 4.25. The summed E-state index contributed by atoms with van der Waals surface area (Å²) in [7, 11) is -3.87. The minimum absolute atomic E-state index is 0.125. The van der Waals surface area contributed by atoms with Gasteiger partial charge in [0.2, 0.25) is 5.91 Å². The number of hydrogen-bond acceptors (Lipinski definition) is 8. The Morgan fingerprint density at radius 1 is 1.03 bits per heavy atom. The molecule has 2 amide bonds. The zero-order chi connectivity index (χ0) is 47.9. The van der Waals surface area contributed by atoms with E-state index < -0.39 is 134 Å². The van der Waals surface area contributed by atoms with E-state index in [1.165, 1.54) is 44.4 Å². The highest BCUT2D eigenvalue weighted by Gasteiger charge is 2.48. The third-order valence-electron chi connectivity index (χ3n) is 9.55. The molecule has 0 bridgehead atoms. The number of aliphatic imine (C=N–C) groups is 1. The lowest BCUT2D eigenvalue weighted by atomic mass is 9.93. The molecular weight excluding hydrogens is 955 g/mol. The first-order valence-electron chi connectivity index (χ1n) is 18.2. The van der Waals surface area contributed by atoms with Crippen molar-refractivity contribution in [3.8, 4) is 23.0 Å². The Morgan fingerprint density at radius 3 is 2.22 bits per heavy atom. The van der Waals surface area contributed by atoms with Gasteiger partial charge in [0, 0.05) is 52.5 Å². The quantitative estimate of drug-likeness (QED) is 0.0661. The third-order valence-corrected chi connectivity index (χ3v) is 12.5. The Balaban J connectivity index is 1.82. The minimum atomic E-state index is -5.23. The molecule has 64 heavy (non-hydrogen) atoms. The number of pyridine rings is 1. The summed E-state index contributed by atoms with van der Waals surface area (Å²) in [6, 6.07) is 5.49. The molecule has 1 fully saturated rings. The monoisotopic (exact) mass is 987 g/mol. The smallest absolute Gasteiger partial charge is 0.394 e. The van der Waals surface area contributed by atoms with Crippen LogP contribution in [0.3, 0.4) is 0 Å². The lowest BCUT2D eigenvalue weighted by molar-refractivity contribution is -0.141. The van der Waals surface area contributed by atoms with E-state index in [0.717, 1.165) is 18.4 Å². The van der Waals surface area contributed by atoms with Crippen LogP contribution in [0.15, 0.2) is 58.7 Å². The van der Waals surface area contributed by atoms with Crippen LogP contribution in [0.25, 0.3) is 22.0 Å². The second kappa shape index (κ2) is 18.8. The molecule has 25 heteroatoms. The summed E-state index contributed by atoms with van der Waals surface area (Å²) in [4.78, 5) is 34.3. The highest BCUT2D eigenvalue weighted by atomic mass is 35.5. The molecule has 344 valence electrons. The molecule has 2 heterocycles. The average molecular weight is 989 g/mol. The topological polar surface area (TPSA) is 153 Å². The van der Waals surface area contributed by atoms with Gasteiger partial charge in [0.1, 0.15) is 57.6 Å². The Morgan fingerprint density at radius 2 is 1.66 bits per heavy atom. The number of nitrogens with zero attached hydrogens (tertiary/aromatic N) is 5. The number of anilines is 1. The molecule has 5 rings (SSSR count). The number of nitrogens with two attached hydrogens (primary N) is 1. The van der Waals surface area contributed by atoms with Gasteiger partial charge in [0.15, 0.2) is 5.82 Å². The van der Waals surface area contributed by atoms with Crippen molar-refractivity contribution in [2.24, 2.45) is 10.7 Å². The molecule has 11 nitrogen and oxygen atoms in total. The molecule has 1 saturated carbocycles. The number of amides is 2. The van der Waals surface area contributed by atoms with Crippen molar-refractivity contribution in [3.63, 3.8) is 0 Å². The van der Waals surface area contributed by atoms with E-state index >= 15 is 0 Å². The number of alkyl halides is 8. The van der Waals surface area contributed by atoms with E-state index in [1.54, 1.807) is 0 Å². The molecule has 0 saturated heterocycles. The van der Waals surface area contributed by atoms with Gasteiger partial charge in [-0.1, -0.05) is 23.6 Å². The fraction of sp³-hybridized carbons (Fsp3) is 0.359. The maximum atomic E-state index is 14.9. The molecule has 0 radical (unpaired) electrons. The van der Waals surface area contributed by atoms with Gasteiger partial charge < -0.3 is 11.1 Å². The Hall–Kier alpha value is -5.05. The summed E-state index contributed by atoms with van der Waals surface area (Å²) in [5.74, 6) is -2.54. The van der Waals surface area contributed by atoms with E-state index in [9.17, 15) is 61.9 Å². The number of halogens is 12. The lowest BCUT2D eigenvalue weighted by Crippen LogP contribution is -2.34. The predicted molar refractivity (Wildman–Crippen MR) is 222 cm³/mol. The van der Waals surface area contributed by atoms with Crippen LogP contribution in [-0.2, 0) is 39.5 Å². The van der Waals surface area contributed by atoms with Crippen LogP contribution >= 0.6 is 23.2 Å². The van der Waals surface area contributed by atoms with Crippen molar-refractivity contribution < 1.29 is 61.9 Å². The maximum absolute atomic E-state index is 14.9. The van der Waals surface area contributed by atoms with Gasteiger partial charge in [-0.2, -0.15) is 44.5 Å². The van der Waals surface area contributed by atoms with Gasteiger partial charge in [-0.15, -0.1) is 0 Å². The molecule has 3 N–H and O–H groups in total. The van der Waals surface area contributed by atoms with Crippen LogP contribution in [0.4, 0.5) is 54.5 Å². The summed E-state index contributed by atoms with van der Waals surface area (Å²) in [6.07, 6.45) is -10.4. The maximum Gasteiger partial charge on any atom is 0.431 e. The molecule has 1 aliphatic rings. The number of benzene rings is 2. The van der Waals surface area contributed by atoms with Crippen LogP contribution in [0, 0.1) is 23.5 Å². The summed E-state index contributed by atoms with van der Waals surface area (Å²) < 4.78 is 167. The van der Waals surface area contributed by atoms with Crippen LogP contribution in [0.5, 0.6) is 0 Å². The standard InChI is InChI=1S/C39H33Cl2F10N7O4S2/c1-36(2,63(3)61)11-9-22-5-6-23(24-7-8-26(40)29-31(24)57(18-38(46,47)48)56-34(29)58(35(41)60)64(4)62)30(54-22)27(15-19-13-20(42)16-21(43)14-19)55-28(59)17-53-33-25(10-12-37(33,44)45)32(52)39(49,50)51/h5-8,13-14,16,27H,10,12,15,17-18,52H2,1-4H3,(H,55,59)/b32-25-,53-33?. The fourth-order valence-corrected chi connectivity index (χ4v) is 7.87. The number of hydrogen-bond donors (Lipinski definition) is 2. The van der Waals surface area contributed by atoms with Crippen molar-refractivity contribution in [3.05, 3.63) is 87.3 Å². The highest BCUT2D eigenvalue weighted by Crippen LogP contribution is 2.43. The number of fused-ring (bicyclic) bond motifs is 1. The minimum Gasteiger partial charge on any atom is -0.394 e. The van der Waals surface area contributed by atoms with E-state index in [-0.39, 0.29) is 38.5 Å². The SMILES string of the molecule is CS(=O)N(C(=O)Cl)c1nn(CC(F)(F)F)c2c(-c3ccc(C#CC(C)(C)S(C)=O)nc3C(Cc3cc(F)cc(F)c3)NC(=O)CN=C3/C(=C(\N)C(F)(F)F)CCC3(F)F)ccc(Cl)c12. The Kier molecular flexibility index (Phi) is 14.7. The molecule has 2 aromatic heterocycles. The van der Waals surface area contributed by atoms with Gasteiger partial charge in [-0.3, -0.25) is 23.5 Å². The number of nitrogens with one attached hydrogen (secondary N) is 1. The Bertz CT molecular complexity index is 2680. The van der Waals surface area contributed by atoms with Crippen molar-refractivity contribution >= 4 is 78.7 Å². The highest BCUT2D eigenvalue weighted by molar-refractivity contribution is 7.86. The number of carbonyl (C=O) groups excluding carboxylic acids is 2. The zero-order valence-corrected chi connectivity index (χ0v) is 36.6. The zero-order valence-electron chi connectivity index (χ0n) is 33.5. The molecule has 4 aromatic rings. The van der Waals surface area contributed by atoms with Crippen LogP contribution in [0.2, 0.25) is 5.02 Å². The van der Waals surface area contributed by atoms with Gasteiger partial charge in [-0.25, -0.2) is 18.0 Å². The van der Waals surface area contributed by atoms with Crippen molar-refractivity contribution in [2.75, 3.05) is 23.4 Å². The Labute approximate surface area is 372 Å². The van der Waals surface area contributed by atoms with E-state index in [1.807, 2.05) is 0 Å². The average Bonchev–Trinajstić information content (AvgIpc) is 3.66.